The summed E-state index contributed by atoms with van der Waals surface area (Å²) in [7, 11) is 0. The molecule has 23 heavy (non-hydrogen) atoms. The number of hydrogen-bond donors (Lipinski definition) is 0. The third-order valence-corrected chi connectivity index (χ3v) is 4.97. The minimum atomic E-state index is -0.194. The lowest BCUT2D eigenvalue weighted by Crippen LogP contribution is -2.41. The van der Waals surface area contributed by atoms with Gasteiger partial charge in [0.25, 0.3) is 0 Å². The number of benzene rings is 1. The first-order valence-electron chi connectivity index (χ1n) is 8.40. The number of hydrogen-bond acceptors (Lipinski definition) is 2. The van der Waals surface area contributed by atoms with Crippen LogP contribution in [0.25, 0.3) is 6.08 Å². The van der Waals surface area contributed by atoms with E-state index in [9.17, 15) is 9.59 Å². The monoisotopic (exact) mass is 312 g/mol. The molecule has 0 aromatic heterocycles. The molecule has 0 N–H and O–H groups in total. The lowest BCUT2D eigenvalue weighted by atomic mass is 9.92. The predicted molar refractivity (Wildman–Crippen MR) is 90.3 cm³/mol. The molecule has 3 rings (SSSR count). The van der Waals surface area contributed by atoms with Crippen LogP contribution in [0.1, 0.15) is 50.3 Å². The van der Waals surface area contributed by atoms with Crippen LogP contribution < -0.4 is 0 Å². The average molecular weight is 312 g/mol. The largest absolute Gasteiger partial charge is 0.343 e. The molecular formula is C19H24N2O2. The summed E-state index contributed by atoms with van der Waals surface area (Å²) in [4.78, 5) is 28.3. The summed E-state index contributed by atoms with van der Waals surface area (Å²) in [5.74, 6) is 0.824. The minimum absolute atomic E-state index is 0.0270. The SMILES string of the molecule is CC(=O)N1C=Cc2ccccc2C1CC(=O)N1CCC(C)CC1. The summed E-state index contributed by atoms with van der Waals surface area (Å²) in [6.45, 7) is 5.47. The first-order valence-corrected chi connectivity index (χ1v) is 8.40. The standard InChI is InChI=1S/C19H24N2O2/c1-14-7-10-20(11-8-14)19(23)13-18-17-6-4-3-5-16(17)9-12-21(18)15(2)22/h3-6,9,12,14,18H,7-8,10-11,13H2,1-2H3. The second kappa shape index (κ2) is 6.57. The van der Waals surface area contributed by atoms with Crippen molar-refractivity contribution in [1.29, 1.82) is 0 Å². The van der Waals surface area contributed by atoms with E-state index in [1.54, 1.807) is 18.0 Å². The third kappa shape index (κ3) is 3.31. The van der Waals surface area contributed by atoms with Crippen LogP contribution >= 0.6 is 0 Å². The van der Waals surface area contributed by atoms with Gasteiger partial charge in [-0.3, -0.25) is 9.59 Å². The molecule has 0 aliphatic carbocycles. The Kier molecular flexibility index (Phi) is 4.51. The topological polar surface area (TPSA) is 40.6 Å². The summed E-state index contributed by atoms with van der Waals surface area (Å²) in [5, 5.41) is 0. The van der Waals surface area contributed by atoms with Gasteiger partial charge >= 0.3 is 0 Å². The Hall–Kier alpha value is -2.10. The van der Waals surface area contributed by atoms with Crippen molar-refractivity contribution in [2.75, 3.05) is 13.1 Å². The van der Waals surface area contributed by atoms with Gasteiger partial charge in [0.05, 0.1) is 12.5 Å². The van der Waals surface area contributed by atoms with Crippen LogP contribution in [0.15, 0.2) is 30.5 Å². The van der Waals surface area contributed by atoms with E-state index in [1.165, 1.54) is 0 Å². The van der Waals surface area contributed by atoms with Gasteiger partial charge in [0.2, 0.25) is 11.8 Å². The molecule has 1 aromatic rings. The molecular weight excluding hydrogens is 288 g/mol. The zero-order chi connectivity index (χ0) is 16.4. The number of carbonyl (C=O) groups excluding carboxylic acids is 2. The number of nitrogens with zero attached hydrogens (tertiary/aromatic N) is 2. The van der Waals surface area contributed by atoms with Gasteiger partial charge < -0.3 is 9.80 Å². The smallest absolute Gasteiger partial charge is 0.225 e. The van der Waals surface area contributed by atoms with E-state index in [4.69, 9.17) is 0 Å². The van der Waals surface area contributed by atoms with Gasteiger partial charge in [-0.05, 0) is 36.0 Å². The second-order valence-electron chi connectivity index (χ2n) is 6.65. The van der Waals surface area contributed by atoms with Crippen LogP contribution in [-0.4, -0.2) is 34.7 Å². The molecule has 2 aliphatic heterocycles. The van der Waals surface area contributed by atoms with Crippen LogP contribution in [0.4, 0.5) is 0 Å². The van der Waals surface area contributed by atoms with Crippen molar-refractivity contribution in [3.05, 3.63) is 41.6 Å². The maximum Gasteiger partial charge on any atom is 0.225 e. The molecule has 2 heterocycles. The van der Waals surface area contributed by atoms with Crippen molar-refractivity contribution in [3.63, 3.8) is 0 Å². The number of piperidine rings is 1. The first-order chi connectivity index (χ1) is 11.1. The first kappa shape index (κ1) is 15.8. The second-order valence-corrected chi connectivity index (χ2v) is 6.65. The van der Waals surface area contributed by atoms with E-state index < -0.39 is 0 Å². The van der Waals surface area contributed by atoms with Gasteiger partial charge in [-0.15, -0.1) is 0 Å². The van der Waals surface area contributed by atoms with E-state index in [0.29, 0.717) is 12.3 Å². The van der Waals surface area contributed by atoms with E-state index in [-0.39, 0.29) is 17.9 Å². The molecule has 4 heteroatoms. The Labute approximate surface area is 137 Å². The van der Waals surface area contributed by atoms with Crippen LogP contribution in [0.2, 0.25) is 0 Å². The Balaban J connectivity index is 1.79. The molecule has 122 valence electrons. The third-order valence-electron chi connectivity index (χ3n) is 4.97. The maximum absolute atomic E-state index is 12.7. The average Bonchev–Trinajstić information content (AvgIpc) is 2.55. The molecule has 1 atom stereocenters. The van der Waals surface area contributed by atoms with Gasteiger partial charge in [-0.2, -0.15) is 0 Å². The molecule has 1 aromatic carbocycles. The molecule has 1 fully saturated rings. The number of likely N-dealkylation sites (tertiary alicyclic amines) is 1. The Morgan fingerprint density at radius 1 is 1.17 bits per heavy atom. The number of fused-ring (bicyclic) bond motifs is 1. The zero-order valence-electron chi connectivity index (χ0n) is 13.9. The minimum Gasteiger partial charge on any atom is -0.343 e. The van der Waals surface area contributed by atoms with Gasteiger partial charge in [0.15, 0.2) is 0 Å². The van der Waals surface area contributed by atoms with Gasteiger partial charge in [-0.25, -0.2) is 0 Å². The maximum atomic E-state index is 12.7. The van der Waals surface area contributed by atoms with Crippen LogP contribution in [0, 0.1) is 5.92 Å². The zero-order valence-corrected chi connectivity index (χ0v) is 13.9. The Morgan fingerprint density at radius 2 is 1.87 bits per heavy atom. The summed E-state index contributed by atoms with van der Waals surface area (Å²) < 4.78 is 0. The van der Waals surface area contributed by atoms with Crippen molar-refractivity contribution in [2.24, 2.45) is 5.92 Å². The Morgan fingerprint density at radius 3 is 2.57 bits per heavy atom. The summed E-state index contributed by atoms with van der Waals surface area (Å²) in [5.41, 5.74) is 2.15. The van der Waals surface area contributed by atoms with E-state index in [2.05, 4.69) is 6.92 Å². The molecule has 0 radical (unpaired) electrons. The molecule has 0 bridgehead atoms. The van der Waals surface area contributed by atoms with E-state index in [1.807, 2.05) is 35.2 Å². The van der Waals surface area contributed by atoms with Crippen LogP contribution in [0.3, 0.4) is 0 Å². The molecule has 4 nitrogen and oxygen atoms in total. The molecule has 0 saturated carbocycles. The fourth-order valence-electron chi connectivity index (χ4n) is 3.47. The lowest BCUT2D eigenvalue weighted by molar-refractivity contribution is -0.135. The number of rotatable bonds is 2. The predicted octanol–water partition coefficient (Wildman–Crippen LogP) is 3.21. The number of carbonyl (C=O) groups is 2. The van der Waals surface area contributed by atoms with Crippen LogP contribution in [0.5, 0.6) is 0 Å². The summed E-state index contributed by atoms with van der Waals surface area (Å²) >= 11 is 0. The highest BCUT2D eigenvalue weighted by Gasteiger charge is 2.30. The molecule has 1 saturated heterocycles. The highest BCUT2D eigenvalue weighted by molar-refractivity contribution is 5.82. The van der Waals surface area contributed by atoms with Gasteiger partial charge in [-0.1, -0.05) is 31.2 Å². The highest BCUT2D eigenvalue weighted by Crippen LogP contribution is 2.33. The summed E-state index contributed by atoms with van der Waals surface area (Å²) in [6, 6.07) is 7.81. The molecule has 0 spiro atoms. The van der Waals surface area contributed by atoms with Crippen molar-refractivity contribution in [1.82, 2.24) is 9.80 Å². The van der Waals surface area contributed by atoms with Crippen molar-refractivity contribution in [2.45, 2.75) is 39.2 Å². The molecule has 2 aliphatic rings. The Bertz CT molecular complexity index is 630. The van der Waals surface area contributed by atoms with Crippen molar-refractivity contribution in [3.8, 4) is 0 Å². The molecule has 2 amide bonds. The lowest BCUT2D eigenvalue weighted by Gasteiger charge is -2.35. The quantitative estimate of drug-likeness (QED) is 0.841. The fourth-order valence-corrected chi connectivity index (χ4v) is 3.47. The highest BCUT2D eigenvalue weighted by atomic mass is 16.2. The van der Waals surface area contributed by atoms with Gasteiger partial charge in [0, 0.05) is 26.2 Å². The van der Waals surface area contributed by atoms with E-state index >= 15 is 0 Å². The molecule has 1 unspecified atom stereocenters. The summed E-state index contributed by atoms with van der Waals surface area (Å²) in [6.07, 6.45) is 6.25. The normalized spacial score (nSPS) is 21.2. The number of amides is 2. The van der Waals surface area contributed by atoms with Crippen LogP contribution in [-0.2, 0) is 9.59 Å². The fraction of sp³-hybridized carbons (Fsp3) is 0.474. The van der Waals surface area contributed by atoms with Crippen molar-refractivity contribution < 1.29 is 9.59 Å². The van der Waals surface area contributed by atoms with Gasteiger partial charge in [0.1, 0.15) is 0 Å². The van der Waals surface area contributed by atoms with E-state index in [0.717, 1.165) is 37.1 Å². The van der Waals surface area contributed by atoms with Crippen molar-refractivity contribution >= 4 is 17.9 Å².